The Morgan fingerprint density at radius 1 is 1.19 bits per heavy atom. The van der Waals surface area contributed by atoms with E-state index in [2.05, 4.69) is 5.32 Å². The molecule has 0 spiro atoms. The van der Waals surface area contributed by atoms with Crippen LogP contribution in [0.15, 0.2) is 0 Å². The molecule has 0 aromatic carbocycles. The van der Waals surface area contributed by atoms with Gasteiger partial charge in [0.15, 0.2) is 0 Å². The number of carboxylic acid groups (broad SMARTS) is 1. The first kappa shape index (κ1) is 14.6. The minimum absolute atomic E-state index is 0.0339. The fourth-order valence-electron chi connectivity index (χ4n) is 1.13. The number of nitrogens with one attached hydrogen (secondary N) is 1. The van der Waals surface area contributed by atoms with E-state index in [4.69, 9.17) is 5.11 Å². The molecule has 0 bridgehead atoms. The summed E-state index contributed by atoms with van der Waals surface area (Å²) in [4.78, 5) is 32.9. The van der Waals surface area contributed by atoms with Crippen molar-refractivity contribution in [1.29, 1.82) is 0 Å². The van der Waals surface area contributed by atoms with Crippen LogP contribution in [0.25, 0.3) is 0 Å². The summed E-state index contributed by atoms with van der Waals surface area (Å²) in [5.74, 6) is -1.83. The number of Topliss-reactive ketones (excluding diaryl/α,β-unsaturated/α-hetero) is 1. The third-order valence-corrected chi connectivity index (χ3v) is 2.24. The van der Waals surface area contributed by atoms with Gasteiger partial charge in [0.2, 0.25) is 5.91 Å². The molecule has 0 heterocycles. The van der Waals surface area contributed by atoms with Gasteiger partial charge in [-0.3, -0.25) is 14.4 Å². The van der Waals surface area contributed by atoms with Gasteiger partial charge in [-0.1, -0.05) is 20.8 Å². The van der Waals surface area contributed by atoms with Gasteiger partial charge >= 0.3 is 5.97 Å². The molecule has 0 aliphatic carbocycles. The van der Waals surface area contributed by atoms with Crippen molar-refractivity contribution in [1.82, 2.24) is 5.32 Å². The monoisotopic (exact) mass is 229 g/mol. The Bertz CT molecular complexity index is 273. The minimum Gasteiger partial charge on any atom is -0.481 e. The molecule has 5 nitrogen and oxygen atoms in total. The topological polar surface area (TPSA) is 83.5 Å². The van der Waals surface area contributed by atoms with Crippen LogP contribution in [-0.4, -0.2) is 29.3 Å². The zero-order valence-corrected chi connectivity index (χ0v) is 9.95. The predicted molar refractivity (Wildman–Crippen MR) is 58.9 cm³/mol. The molecule has 1 atom stereocenters. The van der Waals surface area contributed by atoms with Crippen molar-refractivity contribution in [2.45, 2.75) is 33.6 Å². The van der Waals surface area contributed by atoms with Crippen LogP contribution in [-0.2, 0) is 14.4 Å². The summed E-state index contributed by atoms with van der Waals surface area (Å²) in [6.07, 6.45) is 0.104. The molecule has 0 aromatic heterocycles. The van der Waals surface area contributed by atoms with Crippen molar-refractivity contribution in [2.24, 2.45) is 11.8 Å². The van der Waals surface area contributed by atoms with Crippen molar-refractivity contribution in [3.05, 3.63) is 0 Å². The Morgan fingerprint density at radius 3 is 2.19 bits per heavy atom. The molecule has 0 aromatic rings. The number of amides is 1. The lowest BCUT2D eigenvalue weighted by atomic mass is 10.1. The Balaban J connectivity index is 3.81. The largest absolute Gasteiger partial charge is 0.481 e. The molecule has 0 saturated heterocycles. The summed E-state index contributed by atoms with van der Waals surface area (Å²) in [5, 5.41) is 11.0. The minimum atomic E-state index is -0.999. The van der Waals surface area contributed by atoms with Gasteiger partial charge in [0, 0.05) is 24.8 Å². The molecule has 1 unspecified atom stereocenters. The van der Waals surface area contributed by atoms with E-state index in [1.807, 2.05) is 0 Å². The summed E-state index contributed by atoms with van der Waals surface area (Å²) in [5.41, 5.74) is 0. The van der Waals surface area contributed by atoms with Crippen molar-refractivity contribution < 1.29 is 19.5 Å². The number of carbonyl (C=O) groups excluding carboxylic acids is 2. The Hall–Kier alpha value is -1.39. The van der Waals surface area contributed by atoms with Crippen molar-refractivity contribution in [2.75, 3.05) is 6.54 Å². The molecule has 0 fully saturated rings. The molecule has 0 radical (unpaired) electrons. The Labute approximate surface area is 95.2 Å². The molecular formula is C11H19NO4. The van der Waals surface area contributed by atoms with Crippen LogP contribution in [0.1, 0.15) is 33.6 Å². The van der Waals surface area contributed by atoms with Crippen LogP contribution in [0.2, 0.25) is 0 Å². The number of hydrogen-bond acceptors (Lipinski definition) is 3. The fourth-order valence-corrected chi connectivity index (χ4v) is 1.13. The summed E-state index contributed by atoms with van der Waals surface area (Å²) in [7, 11) is 0. The highest BCUT2D eigenvalue weighted by Gasteiger charge is 2.16. The molecule has 92 valence electrons. The summed E-state index contributed by atoms with van der Waals surface area (Å²) < 4.78 is 0. The first-order valence-electron chi connectivity index (χ1n) is 5.36. The lowest BCUT2D eigenvalue weighted by molar-refractivity contribution is -0.140. The molecular weight excluding hydrogens is 210 g/mol. The van der Waals surface area contributed by atoms with Crippen LogP contribution in [0, 0.1) is 11.8 Å². The number of carboxylic acids is 1. The van der Waals surface area contributed by atoms with Crippen LogP contribution in [0.3, 0.4) is 0 Å². The van der Waals surface area contributed by atoms with Gasteiger partial charge in [0.05, 0.1) is 6.42 Å². The van der Waals surface area contributed by atoms with Gasteiger partial charge in [-0.2, -0.15) is 0 Å². The van der Waals surface area contributed by atoms with Gasteiger partial charge < -0.3 is 10.4 Å². The smallest absolute Gasteiger partial charge is 0.304 e. The molecule has 0 aliphatic heterocycles. The van der Waals surface area contributed by atoms with Gasteiger partial charge in [0.25, 0.3) is 0 Å². The van der Waals surface area contributed by atoms with Crippen molar-refractivity contribution >= 4 is 17.7 Å². The lowest BCUT2D eigenvalue weighted by Crippen LogP contribution is -2.32. The predicted octanol–water partition coefficient (Wildman–Crippen LogP) is 0.829. The SMILES string of the molecule is CC(C)C(=O)CCNC(=O)C(C)CC(=O)O. The van der Waals surface area contributed by atoms with Crippen LogP contribution < -0.4 is 5.32 Å². The first-order valence-corrected chi connectivity index (χ1v) is 5.36. The zero-order chi connectivity index (χ0) is 12.7. The second kappa shape index (κ2) is 6.98. The molecule has 16 heavy (non-hydrogen) atoms. The summed E-state index contributed by atoms with van der Waals surface area (Å²) in [6.45, 7) is 5.43. The molecule has 0 saturated carbocycles. The van der Waals surface area contributed by atoms with Gasteiger partial charge in [0.1, 0.15) is 5.78 Å². The second-order valence-electron chi connectivity index (χ2n) is 4.16. The number of rotatable bonds is 7. The van der Waals surface area contributed by atoms with E-state index in [0.29, 0.717) is 6.42 Å². The Morgan fingerprint density at radius 2 is 1.75 bits per heavy atom. The molecule has 0 rings (SSSR count). The van der Waals surface area contributed by atoms with Gasteiger partial charge in [-0.15, -0.1) is 0 Å². The van der Waals surface area contributed by atoms with Crippen molar-refractivity contribution in [3.63, 3.8) is 0 Å². The third kappa shape index (κ3) is 6.16. The standard InChI is InChI=1S/C11H19NO4/c1-7(2)9(13)4-5-12-11(16)8(3)6-10(14)15/h7-8H,4-6H2,1-3H3,(H,12,16)(H,14,15). The maximum absolute atomic E-state index is 11.3. The summed E-state index contributed by atoms with van der Waals surface area (Å²) >= 11 is 0. The van der Waals surface area contributed by atoms with Gasteiger partial charge in [-0.05, 0) is 0 Å². The van der Waals surface area contributed by atoms with E-state index in [1.54, 1.807) is 20.8 Å². The normalized spacial score (nSPS) is 12.2. The van der Waals surface area contributed by atoms with Crippen LogP contribution >= 0.6 is 0 Å². The van der Waals surface area contributed by atoms with Gasteiger partial charge in [-0.25, -0.2) is 0 Å². The van der Waals surface area contributed by atoms with E-state index in [-0.39, 0.29) is 30.6 Å². The second-order valence-corrected chi connectivity index (χ2v) is 4.16. The summed E-state index contributed by atoms with van der Waals surface area (Å²) in [6, 6.07) is 0. The fraction of sp³-hybridized carbons (Fsp3) is 0.727. The third-order valence-electron chi connectivity index (χ3n) is 2.24. The number of hydrogen-bond donors (Lipinski definition) is 2. The Kier molecular flexibility index (Phi) is 6.37. The van der Waals surface area contributed by atoms with Crippen LogP contribution in [0.5, 0.6) is 0 Å². The van der Waals surface area contributed by atoms with E-state index in [0.717, 1.165) is 0 Å². The maximum Gasteiger partial charge on any atom is 0.304 e. The highest BCUT2D eigenvalue weighted by atomic mass is 16.4. The van der Waals surface area contributed by atoms with E-state index < -0.39 is 11.9 Å². The molecule has 2 N–H and O–H groups in total. The first-order chi connectivity index (χ1) is 7.34. The molecule has 5 heteroatoms. The molecule has 1 amide bonds. The highest BCUT2D eigenvalue weighted by molar-refractivity contribution is 5.84. The lowest BCUT2D eigenvalue weighted by Gasteiger charge is -2.10. The van der Waals surface area contributed by atoms with E-state index in [9.17, 15) is 14.4 Å². The number of ketones is 1. The average Bonchev–Trinajstić information content (AvgIpc) is 2.15. The maximum atomic E-state index is 11.3. The average molecular weight is 229 g/mol. The zero-order valence-electron chi connectivity index (χ0n) is 9.95. The highest BCUT2D eigenvalue weighted by Crippen LogP contribution is 2.02. The number of carbonyl (C=O) groups is 3. The number of aliphatic carboxylic acids is 1. The molecule has 0 aliphatic rings. The van der Waals surface area contributed by atoms with Crippen LogP contribution in [0.4, 0.5) is 0 Å². The van der Waals surface area contributed by atoms with E-state index in [1.165, 1.54) is 0 Å². The van der Waals surface area contributed by atoms with E-state index >= 15 is 0 Å². The quantitative estimate of drug-likeness (QED) is 0.677. The van der Waals surface area contributed by atoms with Crippen molar-refractivity contribution in [3.8, 4) is 0 Å².